The van der Waals surface area contributed by atoms with E-state index in [9.17, 15) is 9.59 Å². The highest BCUT2D eigenvalue weighted by atomic mass is 32.2. The van der Waals surface area contributed by atoms with Gasteiger partial charge in [0.05, 0.1) is 0 Å². The van der Waals surface area contributed by atoms with Gasteiger partial charge in [-0.1, -0.05) is 23.5 Å². The minimum atomic E-state index is 0.00926. The van der Waals surface area contributed by atoms with Crippen molar-refractivity contribution in [2.45, 2.75) is 0 Å². The van der Waals surface area contributed by atoms with Gasteiger partial charge in [-0.3, -0.25) is 9.59 Å². The van der Waals surface area contributed by atoms with Crippen molar-refractivity contribution in [2.75, 3.05) is 26.6 Å². The van der Waals surface area contributed by atoms with Gasteiger partial charge >= 0.3 is 0 Å². The van der Waals surface area contributed by atoms with Crippen LogP contribution in [0.4, 0.5) is 9.59 Å². The Bertz CT molecular complexity index is 114. The highest BCUT2D eigenvalue weighted by molar-refractivity contribution is 8.13. The molecule has 0 unspecified atom stereocenters. The molecular weight excluding hydrogens is 196 g/mol. The Hall–Kier alpha value is -0.360. The summed E-state index contributed by atoms with van der Waals surface area (Å²) in [6, 6.07) is 0. The van der Waals surface area contributed by atoms with Crippen molar-refractivity contribution in [1.82, 2.24) is 10.6 Å². The first-order valence-corrected chi connectivity index (χ1v) is 5.58. The van der Waals surface area contributed by atoms with E-state index in [1.807, 2.05) is 0 Å². The van der Waals surface area contributed by atoms with Crippen molar-refractivity contribution in [1.29, 1.82) is 0 Å². The van der Waals surface area contributed by atoms with E-state index in [1.54, 1.807) is 26.6 Å². The average Bonchev–Trinajstić information content (AvgIpc) is 2.16. The lowest BCUT2D eigenvalue weighted by atomic mass is 11.2. The zero-order chi connectivity index (χ0) is 9.98. The van der Waals surface area contributed by atoms with Gasteiger partial charge < -0.3 is 10.6 Å². The van der Waals surface area contributed by atoms with Crippen molar-refractivity contribution in [2.24, 2.45) is 0 Å². The highest BCUT2D eigenvalue weighted by Gasteiger charge is 1.85. The fourth-order valence-electron chi connectivity index (χ4n) is 0.204. The maximum absolute atomic E-state index is 10.0. The van der Waals surface area contributed by atoms with Gasteiger partial charge in [0.2, 0.25) is 0 Å². The van der Waals surface area contributed by atoms with Crippen molar-refractivity contribution in [3.05, 3.63) is 0 Å². The molecule has 2 amide bonds. The number of hydrogen-bond acceptors (Lipinski definition) is 4. The minimum Gasteiger partial charge on any atom is -0.350 e. The molecule has 72 valence electrons. The Morgan fingerprint density at radius 1 is 0.917 bits per heavy atom. The maximum Gasteiger partial charge on any atom is 0.278 e. The standard InChI is InChI=1S/2C3H7NOS/c2*1-4-3(5)6-2/h2*1-2H3,(H,4,5). The van der Waals surface area contributed by atoms with Gasteiger partial charge in [0.1, 0.15) is 0 Å². The molecule has 0 aliphatic heterocycles. The average molecular weight is 210 g/mol. The van der Waals surface area contributed by atoms with Crippen LogP contribution in [-0.2, 0) is 0 Å². The Morgan fingerprint density at radius 3 is 1.17 bits per heavy atom. The molecule has 4 nitrogen and oxygen atoms in total. The summed E-state index contributed by atoms with van der Waals surface area (Å²) in [7, 11) is 3.22. The van der Waals surface area contributed by atoms with Gasteiger partial charge in [-0.2, -0.15) is 0 Å². The summed E-state index contributed by atoms with van der Waals surface area (Å²) in [6.07, 6.45) is 3.47. The molecular formula is C6H14N2O2S2. The predicted octanol–water partition coefficient (Wildman–Crippen LogP) is 1.38. The maximum atomic E-state index is 10.0. The van der Waals surface area contributed by atoms with E-state index in [1.165, 1.54) is 23.5 Å². The topological polar surface area (TPSA) is 58.2 Å². The third-order valence-electron chi connectivity index (χ3n) is 0.779. The number of thioether (sulfide) groups is 2. The van der Waals surface area contributed by atoms with Crippen LogP contribution in [0.3, 0.4) is 0 Å². The predicted molar refractivity (Wildman–Crippen MR) is 55.9 cm³/mol. The molecule has 0 atom stereocenters. The molecule has 0 spiro atoms. The number of carbonyl (C=O) groups excluding carboxylic acids is 2. The molecule has 0 heterocycles. The lowest BCUT2D eigenvalue weighted by Gasteiger charge is -1.86. The lowest BCUT2D eigenvalue weighted by Crippen LogP contribution is -2.09. The Kier molecular flexibility index (Phi) is 12.6. The molecule has 0 fully saturated rings. The smallest absolute Gasteiger partial charge is 0.278 e. The summed E-state index contributed by atoms with van der Waals surface area (Å²) < 4.78 is 0. The highest BCUT2D eigenvalue weighted by Crippen LogP contribution is 1.89. The zero-order valence-corrected chi connectivity index (χ0v) is 9.27. The molecule has 0 aromatic heterocycles. The van der Waals surface area contributed by atoms with Crippen LogP contribution >= 0.6 is 23.5 Å². The molecule has 0 aliphatic carbocycles. The molecule has 0 bridgehead atoms. The van der Waals surface area contributed by atoms with Gasteiger partial charge in [0.25, 0.3) is 10.5 Å². The lowest BCUT2D eigenvalue weighted by molar-refractivity contribution is 0.261. The molecule has 2 N–H and O–H groups in total. The van der Waals surface area contributed by atoms with Gasteiger partial charge in [-0.25, -0.2) is 0 Å². The van der Waals surface area contributed by atoms with E-state index in [0.29, 0.717) is 0 Å². The first-order valence-electron chi connectivity index (χ1n) is 3.13. The third-order valence-corrected chi connectivity index (χ3v) is 1.93. The summed E-state index contributed by atoms with van der Waals surface area (Å²) in [6.45, 7) is 0. The van der Waals surface area contributed by atoms with E-state index in [-0.39, 0.29) is 10.5 Å². The third kappa shape index (κ3) is 12.3. The second-order valence-electron chi connectivity index (χ2n) is 1.48. The van der Waals surface area contributed by atoms with Crippen LogP contribution < -0.4 is 10.6 Å². The van der Waals surface area contributed by atoms with E-state index in [0.717, 1.165) is 0 Å². The Labute approximate surface area is 81.2 Å². The fourth-order valence-corrected chi connectivity index (χ4v) is 0.612. The van der Waals surface area contributed by atoms with Crippen molar-refractivity contribution >= 4 is 34.0 Å². The van der Waals surface area contributed by atoms with Crippen LogP contribution in [0.25, 0.3) is 0 Å². The van der Waals surface area contributed by atoms with Crippen molar-refractivity contribution in [3.8, 4) is 0 Å². The first-order chi connectivity index (χ1) is 5.62. The summed E-state index contributed by atoms with van der Waals surface area (Å²) in [5.74, 6) is 0. The number of rotatable bonds is 0. The van der Waals surface area contributed by atoms with Gasteiger partial charge in [-0.05, 0) is 12.5 Å². The van der Waals surface area contributed by atoms with Gasteiger partial charge in [0.15, 0.2) is 0 Å². The van der Waals surface area contributed by atoms with Crippen LogP contribution in [0.1, 0.15) is 0 Å². The minimum absolute atomic E-state index is 0.00926. The second-order valence-corrected chi connectivity index (χ2v) is 3.04. The molecule has 0 aromatic rings. The molecule has 0 saturated heterocycles. The van der Waals surface area contributed by atoms with Crippen molar-refractivity contribution in [3.63, 3.8) is 0 Å². The molecule has 6 heteroatoms. The molecule has 0 aromatic carbocycles. The number of hydrogen-bond donors (Lipinski definition) is 2. The van der Waals surface area contributed by atoms with Crippen LogP contribution in [0.2, 0.25) is 0 Å². The monoisotopic (exact) mass is 210 g/mol. The normalized spacial score (nSPS) is 7.67. The molecule has 0 saturated carbocycles. The van der Waals surface area contributed by atoms with Crippen molar-refractivity contribution < 1.29 is 9.59 Å². The summed E-state index contributed by atoms with van der Waals surface area (Å²) in [5.41, 5.74) is 0. The zero-order valence-electron chi connectivity index (χ0n) is 7.63. The van der Waals surface area contributed by atoms with Crippen LogP contribution in [0.5, 0.6) is 0 Å². The van der Waals surface area contributed by atoms with E-state index < -0.39 is 0 Å². The largest absolute Gasteiger partial charge is 0.350 e. The fraction of sp³-hybridized carbons (Fsp3) is 0.667. The van der Waals surface area contributed by atoms with Crippen LogP contribution in [-0.4, -0.2) is 37.1 Å². The molecule has 12 heavy (non-hydrogen) atoms. The van der Waals surface area contributed by atoms with E-state index in [2.05, 4.69) is 10.6 Å². The quantitative estimate of drug-likeness (QED) is 0.634. The van der Waals surface area contributed by atoms with Gasteiger partial charge in [0, 0.05) is 14.1 Å². The second kappa shape index (κ2) is 10.6. The molecule has 0 rings (SSSR count). The van der Waals surface area contributed by atoms with Crippen LogP contribution in [0.15, 0.2) is 0 Å². The summed E-state index contributed by atoms with van der Waals surface area (Å²) >= 11 is 2.35. The van der Waals surface area contributed by atoms with Gasteiger partial charge in [-0.15, -0.1) is 0 Å². The van der Waals surface area contributed by atoms with Crippen LogP contribution in [0, 0.1) is 0 Å². The molecule has 0 radical (unpaired) electrons. The Morgan fingerprint density at radius 2 is 1.17 bits per heavy atom. The SMILES string of the molecule is CNC(=O)SC.CNC(=O)SC. The Balaban J connectivity index is 0. The number of amides is 2. The number of nitrogens with one attached hydrogen (secondary N) is 2. The van der Waals surface area contributed by atoms with E-state index in [4.69, 9.17) is 0 Å². The summed E-state index contributed by atoms with van der Waals surface area (Å²) in [5, 5.41) is 4.90. The van der Waals surface area contributed by atoms with E-state index >= 15 is 0 Å². The first kappa shape index (κ1) is 14.2. The molecule has 0 aliphatic rings. The summed E-state index contributed by atoms with van der Waals surface area (Å²) in [4.78, 5) is 20.1. The number of carbonyl (C=O) groups is 2.